The maximum Gasteiger partial charge on any atom is 0.132 e. The van der Waals surface area contributed by atoms with Crippen molar-refractivity contribution in [1.29, 1.82) is 0 Å². The smallest absolute Gasteiger partial charge is 0.132 e. The predicted octanol–water partition coefficient (Wildman–Crippen LogP) is 6.77. The van der Waals surface area contributed by atoms with Gasteiger partial charge in [-0.3, -0.25) is 0 Å². The molecule has 3 aromatic heterocycles. The number of fused-ring (bicyclic) bond motifs is 6. The van der Waals surface area contributed by atoms with Crippen LogP contribution in [0.25, 0.3) is 45.3 Å². The SMILES string of the molecule is COc1cccc(OC)c1-c1ccc2c(n1)-c1nc3c(cc1CC2)CCc1ccc(-c2c(OC)cccc2OC)nc1-3. The largest absolute Gasteiger partial charge is 0.496 e. The van der Waals surface area contributed by atoms with E-state index in [-0.39, 0.29) is 0 Å². The zero-order valence-electron chi connectivity index (χ0n) is 24.2. The van der Waals surface area contributed by atoms with E-state index >= 15 is 0 Å². The van der Waals surface area contributed by atoms with Crippen LogP contribution in [0.5, 0.6) is 23.0 Å². The first-order chi connectivity index (χ1) is 20.6. The standard InChI is InChI=1S/C35H31N3O4/c1-39-26-7-5-8-27(40-2)30(26)24-17-15-20-11-13-22-19-23-14-12-21-16-18-25(31-28(41-3)9-6-10-29(31)42-4)37-33(21)35(23)38-34(22)32(20)36-24/h5-10,15-19H,11-14H2,1-4H3. The van der Waals surface area contributed by atoms with E-state index in [0.717, 1.165) is 71.0 Å². The summed E-state index contributed by atoms with van der Waals surface area (Å²) in [7, 11) is 6.66. The highest BCUT2D eigenvalue weighted by Crippen LogP contribution is 2.43. The van der Waals surface area contributed by atoms with Crippen molar-refractivity contribution in [2.45, 2.75) is 25.7 Å². The van der Waals surface area contributed by atoms with Gasteiger partial charge in [0.1, 0.15) is 23.0 Å². The second-order valence-electron chi connectivity index (χ2n) is 10.5. The minimum absolute atomic E-state index is 0.716. The molecule has 0 amide bonds. The molecule has 210 valence electrons. The van der Waals surface area contributed by atoms with Crippen LogP contribution in [0, 0.1) is 0 Å². The van der Waals surface area contributed by atoms with E-state index in [4.69, 9.17) is 33.9 Å². The quantitative estimate of drug-likeness (QED) is 0.228. The number of pyridine rings is 3. The second kappa shape index (κ2) is 10.5. The molecule has 3 heterocycles. The summed E-state index contributed by atoms with van der Waals surface area (Å²) in [6, 6.07) is 22.3. The van der Waals surface area contributed by atoms with Crippen LogP contribution >= 0.6 is 0 Å². The summed E-state index contributed by atoms with van der Waals surface area (Å²) in [5.41, 5.74) is 11.7. The maximum absolute atomic E-state index is 5.69. The lowest BCUT2D eigenvalue weighted by molar-refractivity contribution is 0.397. The molecule has 0 unspecified atom stereocenters. The van der Waals surface area contributed by atoms with Crippen LogP contribution in [0.1, 0.15) is 22.3 Å². The Hall–Kier alpha value is -4.91. The minimum atomic E-state index is 0.716. The van der Waals surface area contributed by atoms with E-state index < -0.39 is 0 Å². The Labute approximate surface area is 245 Å². The van der Waals surface area contributed by atoms with Crippen molar-refractivity contribution in [3.05, 3.63) is 89.0 Å². The van der Waals surface area contributed by atoms with Crippen LogP contribution in [0.2, 0.25) is 0 Å². The molecule has 0 saturated carbocycles. The van der Waals surface area contributed by atoms with Crippen molar-refractivity contribution in [2.24, 2.45) is 0 Å². The zero-order chi connectivity index (χ0) is 28.8. The highest BCUT2D eigenvalue weighted by molar-refractivity contribution is 5.81. The van der Waals surface area contributed by atoms with Crippen LogP contribution in [-0.4, -0.2) is 43.4 Å². The summed E-state index contributed by atoms with van der Waals surface area (Å²) in [5, 5.41) is 0. The number of aromatic nitrogens is 3. The fourth-order valence-corrected chi connectivity index (χ4v) is 6.21. The number of rotatable bonds is 6. The Morgan fingerprint density at radius 1 is 0.429 bits per heavy atom. The summed E-state index contributed by atoms with van der Waals surface area (Å²) in [5.74, 6) is 2.87. The molecule has 0 aliphatic heterocycles. The molecule has 0 fully saturated rings. The molecule has 42 heavy (non-hydrogen) atoms. The van der Waals surface area contributed by atoms with Crippen LogP contribution in [0.4, 0.5) is 0 Å². The van der Waals surface area contributed by atoms with Crippen molar-refractivity contribution < 1.29 is 18.9 Å². The van der Waals surface area contributed by atoms with E-state index in [1.54, 1.807) is 28.4 Å². The van der Waals surface area contributed by atoms with Gasteiger partial charge < -0.3 is 18.9 Å². The molecule has 0 saturated heterocycles. The Morgan fingerprint density at radius 3 is 1.17 bits per heavy atom. The summed E-state index contributed by atoms with van der Waals surface area (Å²) in [6.07, 6.45) is 3.71. The number of ether oxygens (including phenoxy) is 4. The van der Waals surface area contributed by atoms with Crippen molar-refractivity contribution in [2.75, 3.05) is 28.4 Å². The lowest BCUT2D eigenvalue weighted by Crippen LogP contribution is -2.14. The van der Waals surface area contributed by atoms with Gasteiger partial charge in [0.25, 0.3) is 0 Å². The third-order valence-corrected chi connectivity index (χ3v) is 8.28. The lowest BCUT2D eigenvalue weighted by atomic mass is 9.86. The molecule has 2 aliphatic carbocycles. The Morgan fingerprint density at radius 2 is 0.786 bits per heavy atom. The predicted molar refractivity (Wildman–Crippen MR) is 163 cm³/mol. The number of aryl methyl sites for hydroxylation is 4. The fourth-order valence-electron chi connectivity index (χ4n) is 6.21. The van der Waals surface area contributed by atoms with Gasteiger partial charge in [0.05, 0.1) is 73.7 Å². The number of methoxy groups -OCH3 is 4. The summed E-state index contributed by atoms with van der Waals surface area (Å²) >= 11 is 0. The van der Waals surface area contributed by atoms with E-state index in [0.29, 0.717) is 23.0 Å². The van der Waals surface area contributed by atoms with E-state index in [9.17, 15) is 0 Å². The highest BCUT2D eigenvalue weighted by Gasteiger charge is 2.27. The van der Waals surface area contributed by atoms with Gasteiger partial charge in [-0.15, -0.1) is 0 Å². The highest BCUT2D eigenvalue weighted by atomic mass is 16.5. The van der Waals surface area contributed by atoms with Gasteiger partial charge in [-0.05, 0) is 84.3 Å². The van der Waals surface area contributed by atoms with Crippen molar-refractivity contribution in [1.82, 2.24) is 15.0 Å². The first kappa shape index (κ1) is 26.0. The molecule has 0 atom stereocenters. The average Bonchev–Trinajstić information content (AvgIpc) is 3.05. The van der Waals surface area contributed by atoms with Crippen LogP contribution in [0.15, 0.2) is 66.7 Å². The van der Waals surface area contributed by atoms with Crippen LogP contribution < -0.4 is 18.9 Å². The normalized spacial score (nSPS) is 12.9. The Bertz CT molecular complexity index is 1670. The number of hydrogen-bond acceptors (Lipinski definition) is 7. The molecule has 2 aliphatic rings. The van der Waals surface area contributed by atoms with E-state index in [2.05, 4.69) is 18.2 Å². The van der Waals surface area contributed by atoms with Gasteiger partial charge in [-0.2, -0.15) is 0 Å². The number of nitrogens with zero attached hydrogens (tertiary/aromatic N) is 3. The first-order valence-corrected chi connectivity index (χ1v) is 14.1. The molecule has 0 N–H and O–H groups in total. The molecule has 2 aromatic carbocycles. The van der Waals surface area contributed by atoms with Gasteiger partial charge >= 0.3 is 0 Å². The van der Waals surface area contributed by atoms with Crippen LogP contribution in [0.3, 0.4) is 0 Å². The topological polar surface area (TPSA) is 75.6 Å². The van der Waals surface area contributed by atoms with Gasteiger partial charge in [0.15, 0.2) is 0 Å². The van der Waals surface area contributed by atoms with Crippen LogP contribution in [-0.2, 0) is 25.7 Å². The van der Waals surface area contributed by atoms with E-state index in [1.807, 2.05) is 48.5 Å². The Kier molecular flexibility index (Phi) is 6.50. The average molecular weight is 558 g/mol. The van der Waals surface area contributed by atoms with Gasteiger partial charge in [0, 0.05) is 0 Å². The molecule has 5 aromatic rings. The molecule has 7 rings (SSSR count). The molecular weight excluding hydrogens is 526 g/mol. The first-order valence-electron chi connectivity index (χ1n) is 14.1. The summed E-state index contributed by atoms with van der Waals surface area (Å²) in [4.78, 5) is 15.7. The second-order valence-corrected chi connectivity index (χ2v) is 10.5. The third kappa shape index (κ3) is 4.15. The molecule has 7 nitrogen and oxygen atoms in total. The minimum Gasteiger partial charge on any atom is -0.496 e. The van der Waals surface area contributed by atoms with Crippen molar-refractivity contribution >= 4 is 0 Å². The molecule has 7 heteroatoms. The lowest BCUT2D eigenvalue weighted by Gasteiger charge is -2.25. The molecule has 0 radical (unpaired) electrons. The summed E-state index contributed by atoms with van der Waals surface area (Å²) in [6.45, 7) is 0. The van der Waals surface area contributed by atoms with E-state index in [1.165, 1.54) is 22.3 Å². The number of hydrogen-bond donors (Lipinski definition) is 0. The number of benzene rings is 2. The van der Waals surface area contributed by atoms with Crippen molar-refractivity contribution in [3.8, 4) is 68.3 Å². The molecular formula is C35H31N3O4. The summed E-state index contributed by atoms with van der Waals surface area (Å²) < 4.78 is 22.8. The Balaban J connectivity index is 1.39. The van der Waals surface area contributed by atoms with Gasteiger partial charge in [-0.25, -0.2) is 15.0 Å². The fraction of sp³-hybridized carbons (Fsp3) is 0.229. The molecule has 0 bridgehead atoms. The van der Waals surface area contributed by atoms with Crippen molar-refractivity contribution in [3.63, 3.8) is 0 Å². The zero-order valence-corrected chi connectivity index (χ0v) is 24.2. The van der Waals surface area contributed by atoms with Gasteiger partial charge in [-0.1, -0.05) is 30.3 Å². The maximum atomic E-state index is 5.69. The van der Waals surface area contributed by atoms with Gasteiger partial charge in [0.2, 0.25) is 0 Å². The third-order valence-electron chi connectivity index (χ3n) is 8.28. The molecule has 0 spiro atoms. The monoisotopic (exact) mass is 557 g/mol.